The number of aryl methyl sites for hydroxylation is 1. The second kappa shape index (κ2) is 8.90. The van der Waals surface area contributed by atoms with Crippen LogP contribution in [0.3, 0.4) is 0 Å². The average molecular weight is 313 g/mol. The Morgan fingerprint density at radius 2 is 2.04 bits per heavy atom. The number of nitrogens with zero attached hydrogens (tertiary/aromatic N) is 1. The van der Waals surface area contributed by atoms with E-state index >= 15 is 0 Å². The molecule has 122 valence electrons. The van der Waals surface area contributed by atoms with E-state index in [4.69, 9.17) is 0 Å². The summed E-state index contributed by atoms with van der Waals surface area (Å²) in [6.45, 7) is 2.59. The standard InChI is InChI=1S/C18H23N3O2/c1-14-13-19-10-7-15(14)8-11-20-18(23)21-17(9-12-22)16-5-3-2-4-6-16/h2-7,10,13,17,22H,8-9,11-12H2,1H3,(H2,20,21,23)/t17-/m1/s1. The van der Waals surface area contributed by atoms with Crippen LogP contribution in [0.25, 0.3) is 0 Å². The third-order valence-electron chi connectivity index (χ3n) is 3.74. The van der Waals surface area contributed by atoms with Crippen LogP contribution in [-0.4, -0.2) is 29.3 Å². The number of aliphatic hydroxyl groups excluding tert-OH is 1. The Bertz CT molecular complexity index is 617. The summed E-state index contributed by atoms with van der Waals surface area (Å²) in [5, 5.41) is 15.0. The minimum Gasteiger partial charge on any atom is -0.396 e. The first-order valence-electron chi connectivity index (χ1n) is 7.80. The van der Waals surface area contributed by atoms with Crippen molar-refractivity contribution in [3.8, 4) is 0 Å². The number of benzene rings is 1. The van der Waals surface area contributed by atoms with Crippen molar-refractivity contribution in [1.82, 2.24) is 15.6 Å². The molecule has 0 aliphatic heterocycles. The third kappa shape index (κ3) is 5.38. The molecule has 1 aromatic heterocycles. The van der Waals surface area contributed by atoms with Crippen molar-refractivity contribution >= 4 is 6.03 Å². The number of hydrogen-bond donors (Lipinski definition) is 3. The maximum Gasteiger partial charge on any atom is 0.315 e. The lowest BCUT2D eigenvalue weighted by Gasteiger charge is -2.18. The molecule has 0 fully saturated rings. The number of nitrogens with one attached hydrogen (secondary N) is 2. The number of aromatic nitrogens is 1. The Labute approximate surface area is 136 Å². The molecule has 5 heteroatoms. The summed E-state index contributed by atoms with van der Waals surface area (Å²) in [4.78, 5) is 16.1. The topological polar surface area (TPSA) is 74.2 Å². The minimum absolute atomic E-state index is 0.0239. The molecule has 5 nitrogen and oxygen atoms in total. The van der Waals surface area contributed by atoms with Gasteiger partial charge in [-0.3, -0.25) is 4.98 Å². The smallest absolute Gasteiger partial charge is 0.315 e. The molecule has 0 saturated carbocycles. The molecular formula is C18H23N3O2. The molecule has 0 bridgehead atoms. The van der Waals surface area contributed by atoms with Gasteiger partial charge in [-0.2, -0.15) is 0 Å². The molecule has 1 atom stereocenters. The largest absolute Gasteiger partial charge is 0.396 e. The molecule has 1 aromatic carbocycles. The number of amides is 2. The zero-order valence-electron chi connectivity index (χ0n) is 13.3. The van der Waals surface area contributed by atoms with E-state index in [1.807, 2.05) is 49.5 Å². The third-order valence-corrected chi connectivity index (χ3v) is 3.74. The second-order valence-corrected chi connectivity index (χ2v) is 5.43. The van der Waals surface area contributed by atoms with Crippen LogP contribution in [0.4, 0.5) is 4.79 Å². The zero-order valence-corrected chi connectivity index (χ0v) is 13.3. The molecule has 2 rings (SSSR count). The van der Waals surface area contributed by atoms with Gasteiger partial charge in [-0.25, -0.2) is 4.79 Å². The van der Waals surface area contributed by atoms with Crippen LogP contribution in [0, 0.1) is 6.92 Å². The SMILES string of the molecule is Cc1cnccc1CCNC(=O)N[C@H](CCO)c1ccccc1. The lowest BCUT2D eigenvalue weighted by molar-refractivity contribution is 0.229. The first kappa shape index (κ1) is 17.0. The van der Waals surface area contributed by atoms with Gasteiger partial charge in [0.15, 0.2) is 0 Å². The summed E-state index contributed by atoms with van der Waals surface area (Å²) in [5.74, 6) is 0. The van der Waals surface area contributed by atoms with Crippen molar-refractivity contribution in [2.45, 2.75) is 25.8 Å². The molecule has 0 unspecified atom stereocenters. The van der Waals surface area contributed by atoms with E-state index in [0.29, 0.717) is 13.0 Å². The van der Waals surface area contributed by atoms with Crippen LogP contribution in [-0.2, 0) is 6.42 Å². The van der Waals surface area contributed by atoms with Gasteiger partial charge in [-0.15, -0.1) is 0 Å². The minimum atomic E-state index is -0.223. The number of urea groups is 1. The van der Waals surface area contributed by atoms with Crippen LogP contribution in [0.5, 0.6) is 0 Å². The molecule has 0 spiro atoms. The van der Waals surface area contributed by atoms with E-state index in [2.05, 4.69) is 15.6 Å². The highest BCUT2D eigenvalue weighted by Gasteiger charge is 2.13. The summed E-state index contributed by atoms with van der Waals surface area (Å²) >= 11 is 0. The maximum atomic E-state index is 12.1. The van der Waals surface area contributed by atoms with E-state index in [-0.39, 0.29) is 18.7 Å². The van der Waals surface area contributed by atoms with Crippen LogP contribution in [0.15, 0.2) is 48.8 Å². The molecule has 0 aliphatic rings. The fourth-order valence-electron chi connectivity index (χ4n) is 2.44. The summed E-state index contributed by atoms with van der Waals surface area (Å²) in [6.07, 6.45) is 4.83. The molecule has 2 aromatic rings. The van der Waals surface area contributed by atoms with Crippen molar-refractivity contribution in [2.24, 2.45) is 0 Å². The number of rotatable bonds is 7. The fourth-order valence-corrected chi connectivity index (χ4v) is 2.44. The number of pyridine rings is 1. The van der Waals surface area contributed by atoms with Crippen molar-refractivity contribution in [2.75, 3.05) is 13.2 Å². The van der Waals surface area contributed by atoms with E-state index in [1.54, 1.807) is 6.20 Å². The lowest BCUT2D eigenvalue weighted by Crippen LogP contribution is -2.39. The molecule has 23 heavy (non-hydrogen) atoms. The van der Waals surface area contributed by atoms with Crippen LogP contribution in [0.2, 0.25) is 0 Å². The van der Waals surface area contributed by atoms with E-state index in [1.165, 1.54) is 5.56 Å². The zero-order chi connectivity index (χ0) is 16.5. The van der Waals surface area contributed by atoms with Gasteiger partial charge in [-0.1, -0.05) is 30.3 Å². The number of carbonyl (C=O) groups is 1. The first-order valence-corrected chi connectivity index (χ1v) is 7.80. The molecule has 0 radical (unpaired) electrons. The van der Waals surface area contributed by atoms with Gasteiger partial charge in [-0.05, 0) is 42.5 Å². The number of carbonyl (C=O) groups excluding carboxylic acids is 1. The predicted octanol–water partition coefficient (Wildman–Crippen LogP) is 2.36. The Morgan fingerprint density at radius 3 is 2.74 bits per heavy atom. The van der Waals surface area contributed by atoms with Crippen molar-refractivity contribution in [3.63, 3.8) is 0 Å². The fraction of sp³-hybridized carbons (Fsp3) is 0.333. The number of hydrogen-bond acceptors (Lipinski definition) is 3. The van der Waals surface area contributed by atoms with Crippen molar-refractivity contribution < 1.29 is 9.90 Å². The maximum absolute atomic E-state index is 12.1. The molecule has 0 aliphatic carbocycles. The Balaban J connectivity index is 1.84. The Morgan fingerprint density at radius 1 is 1.26 bits per heavy atom. The van der Waals surface area contributed by atoms with E-state index in [0.717, 1.165) is 17.5 Å². The number of aliphatic hydroxyl groups is 1. The molecule has 0 saturated heterocycles. The monoisotopic (exact) mass is 313 g/mol. The summed E-state index contributed by atoms with van der Waals surface area (Å²) < 4.78 is 0. The van der Waals surface area contributed by atoms with E-state index in [9.17, 15) is 9.90 Å². The second-order valence-electron chi connectivity index (χ2n) is 5.43. The summed E-state index contributed by atoms with van der Waals surface area (Å²) in [6, 6.07) is 11.2. The highest BCUT2D eigenvalue weighted by Crippen LogP contribution is 2.15. The summed E-state index contributed by atoms with van der Waals surface area (Å²) in [7, 11) is 0. The normalized spacial score (nSPS) is 11.7. The first-order chi connectivity index (χ1) is 11.2. The molecule has 2 amide bonds. The Kier molecular flexibility index (Phi) is 6.56. The quantitative estimate of drug-likeness (QED) is 0.734. The van der Waals surface area contributed by atoms with Gasteiger partial charge >= 0.3 is 6.03 Å². The average Bonchev–Trinajstić information content (AvgIpc) is 2.57. The van der Waals surface area contributed by atoms with E-state index < -0.39 is 0 Å². The summed E-state index contributed by atoms with van der Waals surface area (Å²) in [5.41, 5.74) is 3.29. The van der Waals surface area contributed by atoms with Gasteiger partial charge < -0.3 is 15.7 Å². The van der Waals surface area contributed by atoms with Gasteiger partial charge in [0.25, 0.3) is 0 Å². The van der Waals surface area contributed by atoms with Crippen LogP contribution >= 0.6 is 0 Å². The van der Waals surface area contributed by atoms with Gasteiger partial charge in [0.2, 0.25) is 0 Å². The highest BCUT2D eigenvalue weighted by molar-refractivity contribution is 5.74. The van der Waals surface area contributed by atoms with Gasteiger partial charge in [0.05, 0.1) is 6.04 Å². The van der Waals surface area contributed by atoms with Crippen molar-refractivity contribution in [1.29, 1.82) is 0 Å². The predicted molar refractivity (Wildman–Crippen MR) is 90.1 cm³/mol. The molecule has 1 heterocycles. The lowest BCUT2D eigenvalue weighted by atomic mass is 10.0. The highest BCUT2D eigenvalue weighted by atomic mass is 16.3. The molecular weight excluding hydrogens is 290 g/mol. The van der Waals surface area contributed by atoms with Crippen molar-refractivity contribution in [3.05, 3.63) is 65.5 Å². The Hall–Kier alpha value is -2.40. The molecule has 3 N–H and O–H groups in total. The van der Waals surface area contributed by atoms with Gasteiger partial charge in [0.1, 0.15) is 0 Å². The van der Waals surface area contributed by atoms with Crippen LogP contribution in [0.1, 0.15) is 29.2 Å². The van der Waals surface area contributed by atoms with Crippen LogP contribution < -0.4 is 10.6 Å². The van der Waals surface area contributed by atoms with Gasteiger partial charge in [0, 0.05) is 25.5 Å².